The molecule has 0 atom stereocenters. The van der Waals surface area contributed by atoms with Crippen LogP contribution in [0.5, 0.6) is 0 Å². The molecule has 160 valence electrons. The maximum atomic E-state index is 13.0. The van der Waals surface area contributed by atoms with E-state index in [0.717, 1.165) is 10.0 Å². The van der Waals surface area contributed by atoms with Gasteiger partial charge >= 0.3 is 5.97 Å². The fourth-order valence-corrected chi connectivity index (χ4v) is 3.19. The van der Waals surface area contributed by atoms with E-state index in [-0.39, 0.29) is 37.3 Å². The predicted octanol–water partition coefficient (Wildman–Crippen LogP) is 4.29. The molecule has 2 aromatic carbocycles. The van der Waals surface area contributed by atoms with Crippen molar-refractivity contribution >= 4 is 39.4 Å². The maximum absolute atomic E-state index is 13.0. The molecule has 0 aromatic heterocycles. The van der Waals surface area contributed by atoms with Crippen LogP contribution in [-0.4, -0.2) is 42.4 Å². The third-order valence-electron chi connectivity index (χ3n) is 4.17. The monoisotopic (exact) mass is 474 g/mol. The Kier molecular flexibility index (Phi) is 9.05. The first kappa shape index (κ1) is 23.6. The van der Waals surface area contributed by atoms with Crippen LogP contribution in [0.15, 0.2) is 53.0 Å². The zero-order valence-electron chi connectivity index (χ0n) is 17.5. The van der Waals surface area contributed by atoms with Crippen LogP contribution in [0.2, 0.25) is 0 Å². The molecule has 0 spiro atoms. The van der Waals surface area contributed by atoms with E-state index in [1.54, 1.807) is 31.2 Å². The molecule has 0 fully saturated rings. The molecule has 0 heterocycles. The van der Waals surface area contributed by atoms with E-state index in [0.29, 0.717) is 17.8 Å². The Morgan fingerprint density at radius 3 is 2.43 bits per heavy atom. The van der Waals surface area contributed by atoms with Crippen molar-refractivity contribution in [3.05, 3.63) is 64.1 Å². The van der Waals surface area contributed by atoms with E-state index in [9.17, 15) is 14.4 Å². The normalized spacial score (nSPS) is 10.6. The van der Waals surface area contributed by atoms with Crippen molar-refractivity contribution in [2.45, 2.75) is 27.2 Å². The zero-order valence-corrected chi connectivity index (χ0v) is 19.1. The second kappa shape index (κ2) is 11.5. The van der Waals surface area contributed by atoms with Gasteiger partial charge in [-0.05, 0) is 48.7 Å². The molecule has 30 heavy (non-hydrogen) atoms. The minimum absolute atomic E-state index is 0.106. The molecule has 0 aliphatic rings. The number of esters is 1. The Bertz CT molecular complexity index is 881. The highest BCUT2D eigenvalue weighted by molar-refractivity contribution is 9.10. The van der Waals surface area contributed by atoms with Gasteiger partial charge in [0.25, 0.3) is 5.91 Å². The molecule has 0 aliphatic heterocycles. The highest BCUT2D eigenvalue weighted by Crippen LogP contribution is 2.16. The van der Waals surface area contributed by atoms with E-state index < -0.39 is 5.97 Å². The summed E-state index contributed by atoms with van der Waals surface area (Å²) in [6.07, 6.45) is 0.230. The summed E-state index contributed by atoms with van der Waals surface area (Å²) in [7, 11) is 0. The minimum Gasteiger partial charge on any atom is -0.465 e. The number of hydrogen-bond donors (Lipinski definition) is 1. The third-order valence-corrected chi connectivity index (χ3v) is 4.70. The maximum Gasteiger partial charge on any atom is 0.325 e. The number of nitrogens with zero attached hydrogens (tertiary/aromatic N) is 1. The average molecular weight is 475 g/mol. The van der Waals surface area contributed by atoms with Crippen molar-refractivity contribution in [1.82, 2.24) is 4.90 Å². The lowest BCUT2D eigenvalue weighted by atomic mass is 10.1. The number of nitrogens with one attached hydrogen (secondary N) is 1. The molecule has 0 unspecified atom stereocenters. The number of amides is 2. The first-order valence-corrected chi connectivity index (χ1v) is 10.7. The number of carbonyl (C=O) groups excluding carboxylic acids is 3. The van der Waals surface area contributed by atoms with E-state index in [2.05, 4.69) is 21.2 Å². The SMILES string of the molecule is CCOC(=O)CN(CC(C)C)C(=O)c1cccc(NC(=O)Cc2ccc(Br)cc2)c1. The molecular formula is C23H27BrN2O4. The smallest absolute Gasteiger partial charge is 0.325 e. The molecule has 0 aliphatic carbocycles. The van der Waals surface area contributed by atoms with E-state index in [4.69, 9.17) is 4.74 Å². The molecule has 2 aromatic rings. The molecule has 0 bridgehead atoms. The van der Waals surface area contributed by atoms with Crippen LogP contribution in [0.4, 0.5) is 5.69 Å². The zero-order chi connectivity index (χ0) is 22.1. The van der Waals surface area contributed by atoms with Crippen LogP contribution < -0.4 is 5.32 Å². The van der Waals surface area contributed by atoms with Crippen LogP contribution in [0.3, 0.4) is 0 Å². The van der Waals surface area contributed by atoms with E-state index in [1.165, 1.54) is 4.90 Å². The number of halogens is 1. The number of carbonyl (C=O) groups is 3. The first-order chi connectivity index (χ1) is 14.3. The first-order valence-electron chi connectivity index (χ1n) is 9.87. The van der Waals surface area contributed by atoms with Gasteiger partial charge in [0.05, 0.1) is 13.0 Å². The molecule has 0 radical (unpaired) electrons. The van der Waals surface area contributed by atoms with Crippen LogP contribution in [0.25, 0.3) is 0 Å². The van der Waals surface area contributed by atoms with Gasteiger partial charge in [-0.25, -0.2) is 0 Å². The lowest BCUT2D eigenvalue weighted by Gasteiger charge is -2.24. The fourth-order valence-electron chi connectivity index (χ4n) is 2.93. The lowest BCUT2D eigenvalue weighted by Crippen LogP contribution is -2.39. The van der Waals surface area contributed by atoms with E-state index in [1.807, 2.05) is 38.1 Å². The molecule has 7 heteroatoms. The molecule has 6 nitrogen and oxygen atoms in total. The van der Waals surface area contributed by atoms with Crippen LogP contribution >= 0.6 is 15.9 Å². The summed E-state index contributed by atoms with van der Waals surface area (Å²) in [5.41, 5.74) is 1.82. The summed E-state index contributed by atoms with van der Waals surface area (Å²) in [5.74, 6) is -0.698. The Morgan fingerprint density at radius 2 is 1.80 bits per heavy atom. The topological polar surface area (TPSA) is 75.7 Å². The highest BCUT2D eigenvalue weighted by atomic mass is 79.9. The Hall–Kier alpha value is -2.67. The Balaban J connectivity index is 2.09. The standard InChI is InChI=1S/C23H27BrN2O4/c1-4-30-22(28)15-26(14-16(2)3)23(29)18-6-5-7-20(13-18)25-21(27)12-17-8-10-19(24)11-9-17/h5-11,13,16H,4,12,14-15H2,1-3H3,(H,25,27). The largest absolute Gasteiger partial charge is 0.465 e. The van der Waals surface area contributed by atoms with Gasteiger partial charge < -0.3 is 15.0 Å². The van der Waals surface area contributed by atoms with Gasteiger partial charge in [-0.1, -0.05) is 48.0 Å². The molecule has 2 rings (SSSR count). The van der Waals surface area contributed by atoms with Crippen molar-refractivity contribution < 1.29 is 19.1 Å². The number of benzene rings is 2. The highest BCUT2D eigenvalue weighted by Gasteiger charge is 2.21. The molecule has 2 amide bonds. The summed E-state index contributed by atoms with van der Waals surface area (Å²) in [6, 6.07) is 14.3. The quantitative estimate of drug-likeness (QED) is 0.549. The summed E-state index contributed by atoms with van der Waals surface area (Å²) >= 11 is 3.37. The third kappa shape index (κ3) is 7.63. The fraction of sp³-hybridized carbons (Fsp3) is 0.348. The van der Waals surface area contributed by atoms with Gasteiger partial charge in [-0.3, -0.25) is 14.4 Å². The number of hydrogen-bond acceptors (Lipinski definition) is 4. The van der Waals surface area contributed by atoms with Crippen LogP contribution in [-0.2, 0) is 20.7 Å². The average Bonchev–Trinajstić information content (AvgIpc) is 2.68. The van der Waals surface area contributed by atoms with Crippen molar-refractivity contribution in [2.24, 2.45) is 5.92 Å². The van der Waals surface area contributed by atoms with Crippen molar-refractivity contribution in [1.29, 1.82) is 0 Å². The number of rotatable bonds is 9. The van der Waals surface area contributed by atoms with Crippen LogP contribution in [0, 0.1) is 5.92 Å². The molecular weight excluding hydrogens is 448 g/mol. The second-order valence-electron chi connectivity index (χ2n) is 7.32. The molecule has 1 N–H and O–H groups in total. The van der Waals surface area contributed by atoms with Crippen molar-refractivity contribution in [3.8, 4) is 0 Å². The second-order valence-corrected chi connectivity index (χ2v) is 8.23. The van der Waals surface area contributed by atoms with Gasteiger partial charge in [-0.2, -0.15) is 0 Å². The Morgan fingerprint density at radius 1 is 1.10 bits per heavy atom. The minimum atomic E-state index is -0.439. The summed E-state index contributed by atoms with van der Waals surface area (Å²) in [4.78, 5) is 38.7. The van der Waals surface area contributed by atoms with Gasteiger partial charge in [0, 0.05) is 22.3 Å². The molecule has 0 saturated carbocycles. The van der Waals surface area contributed by atoms with Gasteiger partial charge in [0.1, 0.15) is 6.54 Å². The number of ether oxygens (including phenoxy) is 1. The van der Waals surface area contributed by atoms with Gasteiger partial charge in [0.15, 0.2) is 0 Å². The summed E-state index contributed by atoms with van der Waals surface area (Å²) < 4.78 is 5.94. The summed E-state index contributed by atoms with van der Waals surface area (Å²) in [5, 5.41) is 2.83. The molecule has 0 saturated heterocycles. The van der Waals surface area contributed by atoms with Gasteiger partial charge in [0.2, 0.25) is 5.91 Å². The lowest BCUT2D eigenvalue weighted by molar-refractivity contribution is -0.143. The van der Waals surface area contributed by atoms with E-state index >= 15 is 0 Å². The predicted molar refractivity (Wildman–Crippen MR) is 120 cm³/mol. The Labute approximate surface area is 185 Å². The van der Waals surface area contributed by atoms with Crippen molar-refractivity contribution in [3.63, 3.8) is 0 Å². The number of anilines is 1. The van der Waals surface area contributed by atoms with Gasteiger partial charge in [-0.15, -0.1) is 0 Å². The summed E-state index contributed by atoms with van der Waals surface area (Å²) in [6.45, 7) is 6.27. The van der Waals surface area contributed by atoms with Crippen LogP contribution in [0.1, 0.15) is 36.7 Å². The van der Waals surface area contributed by atoms with Crippen molar-refractivity contribution in [2.75, 3.05) is 25.0 Å².